The summed E-state index contributed by atoms with van der Waals surface area (Å²) < 4.78 is 5.03. The molecule has 0 radical (unpaired) electrons. The number of hydrogen-bond acceptors (Lipinski definition) is 5. The third kappa shape index (κ3) is 5.00. The van der Waals surface area contributed by atoms with Gasteiger partial charge in [0.1, 0.15) is 5.76 Å². The Morgan fingerprint density at radius 2 is 2.11 bits per heavy atom. The molecule has 2 amide bonds. The van der Waals surface area contributed by atoms with Crippen LogP contribution in [0.4, 0.5) is 0 Å². The monoisotopic (exact) mass is 378 g/mol. The molecule has 1 N–H and O–H groups in total. The third-order valence-corrected chi connectivity index (χ3v) is 5.74. The Kier molecular flexibility index (Phi) is 6.04. The summed E-state index contributed by atoms with van der Waals surface area (Å²) in [6.45, 7) is 3.83. The molecule has 8 heteroatoms. The first-order valence-corrected chi connectivity index (χ1v) is 9.75. The quantitative estimate of drug-likeness (QED) is 0.787. The van der Waals surface area contributed by atoms with Crippen LogP contribution < -0.4 is 5.56 Å². The van der Waals surface area contributed by atoms with E-state index >= 15 is 0 Å². The largest absolute Gasteiger partial charge is 0.384 e. The van der Waals surface area contributed by atoms with E-state index in [1.807, 2.05) is 23.9 Å². The van der Waals surface area contributed by atoms with E-state index in [2.05, 4.69) is 10.1 Å². The van der Waals surface area contributed by atoms with Crippen molar-refractivity contribution in [1.82, 2.24) is 19.9 Å². The van der Waals surface area contributed by atoms with E-state index in [1.165, 1.54) is 6.07 Å². The van der Waals surface area contributed by atoms with Crippen molar-refractivity contribution in [3.63, 3.8) is 0 Å². The molecule has 1 aromatic rings. The van der Waals surface area contributed by atoms with Gasteiger partial charge in [0.25, 0.3) is 5.56 Å². The normalized spacial score (nSPS) is 23.4. The lowest BCUT2D eigenvalue weighted by Crippen LogP contribution is -2.55. The molecule has 0 bridgehead atoms. The second-order valence-corrected chi connectivity index (χ2v) is 8.22. The van der Waals surface area contributed by atoms with Crippen LogP contribution in [-0.4, -0.2) is 78.5 Å². The summed E-state index contributed by atoms with van der Waals surface area (Å²) >= 11 is 0. The highest BCUT2D eigenvalue weighted by molar-refractivity contribution is 5.78. The third-order valence-electron chi connectivity index (χ3n) is 5.74. The van der Waals surface area contributed by atoms with E-state index in [0.29, 0.717) is 31.6 Å². The van der Waals surface area contributed by atoms with Gasteiger partial charge in [0.15, 0.2) is 0 Å². The molecule has 0 unspecified atom stereocenters. The fourth-order valence-corrected chi connectivity index (χ4v) is 4.21. The zero-order valence-electron chi connectivity index (χ0n) is 16.3. The van der Waals surface area contributed by atoms with Gasteiger partial charge in [-0.05, 0) is 33.4 Å². The molecule has 0 saturated carbocycles. The number of amides is 2. The van der Waals surface area contributed by atoms with Gasteiger partial charge >= 0.3 is 0 Å². The van der Waals surface area contributed by atoms with Gasteiger partial charge in [-0.3, -0.25) is 14.4 Å². The van der Waals surface area contributed by atoms with Crippen molar-refractivity contribution in [3.8, 4) is 0 Å². The van der Waals surface area contributed by atoms with Crippen LogP contribution in [0.5, 0.6) is 0 Å². The number of nitrogens with one attached hydrogen (secondary N) is 1. The summed E-state index contributed by atoms with van der Waals surface area (Å²) in [5.41, 5.74) is -0.256. The van der Waals surface area contributed by atoms with Gasteiger partial charge in [-0.2, -0.15) is 5.16 Å². The zero-order chi connectivity index (χ0) is 19.4. The first kappa shape index (κ1) is 19.7. The van der Waals surface area contributed by atoms with Crippen molar-refractivity contribution >= 4 is 11.8 Å². The summed E-state index contributed by atoms with van der Waals surface area (Å²) in [7, 11) is 4.02. The van der Waals surface area contributed by atoms with Gasteiger partial charge in [-0.15, -0.1) is 0 Å². The van der Waals surface area contributed by atoms with E-state index < -0.39 is 0 Å². The molecule has 3 rings (SSSR count). The average molecular weight is 378 g/mol. The SMILES string of the molecule is CN(C)CCN1C[C@]2(CCCN(C(=O)CCc3cc(=O)[nH]o3)C2)CCC1=O. The molecule has 0 aromatic carbocycles. The summed E-state index contributed by atoms with van der Waals surface area (Å²) in [5.74, 6) is 0.835. The lowest BCUT2D eigenvalue weighted by atomic mass is 9.73. The molecule has 2 fully saturated rings. The van der Waals surface area contributed by atoms with E-state index in [9.17, 15) is 14.4 Å². The van der Waals surface area contributed by atoms with E-state index in [0.717, 1.165) is 45.4 Å². The number of hydrogen-bond donors (Lipinski definition) is 1. The van der Waals surface area contributed by atoms with Crippen LogP contribution in [0.1, 0.15) is 37.9 Å². The first-order chi connectivity index (χ1) is 12.9. The number of likely N-dealkylation sites (N-methyl/N-ethyl adjacent to an activating group) is 1. The Morgan fingerprint density at radius 3 is 2.81 bits per heavy atom. The number of piperidine rings is 2. The van der Waals surface area contributed by atoms with E-state index in [4.69, 9.17) is 4.52 Å². The summed E-state index contributed by atoms with van der Waals surface area (Å²) in [4.78, 5) is 42.1. The number of aryl methyl sites for hydroxylation is 1. The number of carbonyl (C=O) groups is 2. The molecule has 1 atom stereocenters. The number of nitrogens with zero attached hydrogens (tertiary/aromatic N) is 3. The molecule has 150 valence electrons. The highest BCUT2D eigenvalue weighted by Crippen LogP contribution is 2.39. The zero-order valence-corrected chi connectivity index (χ0v) is 16.3. The number of H-pyrrole nitrogens is 1. The fourth-order valence-electron chi connectivity index (χ4n) is 4.21. The predicted molar refractivity (Wildman–Crippen MR) is 100 cm³/mol. The highest BCUT2D eigenvalue weighted by Gasteiger charge is 2.42. The van der Waals surface area contributed by atoms with Crippen LogP contribution in [0, 0.1) is 5.41 Å². The first-order valence-electron chi connectivity index (χ1n) is 9.75. The van der Waals surface area contributed by atoms with Crippen molar-refractivity contribution in [2.75, 3.05) is 46.8 Å². The number of rotatable bonds is 6. The Bertz CT molecular complexity index is 725. The van der Waals surface area contributed by atoms with E-state index in [-0.39, 0.29) is 22.8 Å². The number of aromatic nitrogens is 1. The van der Waals surface area contributed by atoms with Crippen LogP contribution in [0.25, 0.3) is 0 Å². The van der Waals surface area contributed by atoms with Gasteiger partial charge in [0.2, 0.25) is 11.8 Å². The van der Waals surface area contributed by atoms with Crippen molar-refractivity contribution in [2.24, 2.45) is 5.41 Å². The van der Waals surface area contributed by atoms with Gasteiger partial charge in [-0.1, -0.05) is 0 Å². The molecule has 2 saturated heterocycles. The van der Waals surface area contributed by atoms with Crippen LogP contribution in [0.3, 0.4) is 0 Å². The Morgan fingerprint density at radius 1 is 1.30 bits per heavy atom. The maximum atomic E-state index is 12.7. The summed E-state index contributed by atoms with van der Waals surface area (Å²) in [5, 5.41) is 2.25. The van der Waals surface area contributed by atoms with Gasteiger partial charge in [-0.25, -0.2) is 0 Å². The van der Waals surface area contributed by atoms with Crippen LogP contribution in [-0.2, 0) is 16.0 Å². The Hall–Kier alpha value is -2.09. The topological polar surface area (TPSA) is 89.9 Å². The molecule has 2 aliphatic rings. The predicted octanol–water partition coefficient (Wildman–Crippen LogP) is 0.693. The van der Waals surface area contributed by atoms with Crippen LogP contribution in [0.15, 0.2) is 15.4 Å². The summed E-state index contributed by atoms with van der Waals surface area (Å²) in [6.07, 6.45) is 4.23. The van der Waals surface area contributed by atoms with Gasteiger partial charge in [0, 0.05) is 63.5 Å². The number of aromatic amines is 1. The molecule has 2 aliphatic heterocycles. The lowest BCUT2D eigenvalue weighted by Gasteiger charge is -2.48. The van der Waals surface area contributed by atoms with Crippen molar-refractivity contribution in [1.29, 1.82) is 0 Å². The minimum Gasteiger partial charge on any atom is -0.384 e. The molecule has 27 heavy (non-hydrogen) atoms. The van der Waals surface area contributed by atoms with Crippen molar-refractivity contribution in [2.45, 2.75) is 38.5 Å². The molecule has 1 spiro atoms. The molecule has 0 aliphatic carbocycles. The minimum absolute atomic E-state index is 0.0226. The molecule has 1 aromatic heterocycles. The minimum atomic E-state index is -0.279. The van der Waals surface area contributed by atoms with Crippen LogP contribution in [0.2, 0.25) is 0 Å². The summed E-state index contributed by atoms with van der Waals surface area (Å²) in [6, 6.07) is 1.39. The maximum absolute atomic E-state index is 12.7. The number of carbonyl (C=O) groups excluding carboxylic acids is 2. The molecule has 3 heterocycles. The lowest BCUT2D eigenvalue weighted by molar-refractivity contribution is -0.143. The molecule has 8 nitrogen and oxygen atoms in total. The maximum Gasteiger partial charge on any atom is 0.280 e. The standard InChI is InChI=1S/C19H30N4O4/c1-21(2)10-11-23-14-19(8-6-18(23)26)7-3-9-22(13-19)17(25)5-4-15-12-16(24)20-27-15/h12H,3-11,13-14H2,1-2H3,(H,20,24)/t19-/m1/s1. The van der Waals surface area contributed by atoms with Gasteiger partial charge < -0.3 is 19.2 Å². The van der Waals surface area contributed by atoms with Crippen molar-refractivity contribution in [3.05, 3.63) is 22.2 Å². The molecular weight excluding hydrogens is 348 g/mol. The Balaban J connectivity index is 1.57. The smallest absolute Gasteiger partial charge is 0.280 e. The second kappa shape index (κ2) is 8.29. The fraction of sp³-hybridized carbons (Fsp3) is 0.737. The van der Waals surface area contributed by atoms with E-state index in [1.54, 1.807) is 0 Å². The Labute approximate surface area is 159 Å². The second-order valence-electron chi connectivity index (χ2n) is 8.22. The van der Waals surface area contributed by atoms with Crippen molar-refractivity contribution < 1.29 is 14.1 Å². The molecular formula is C19H30N4O4. The van der Waals surface area contributed by atoms with Crippen LogP contribution >= 0.6 is 0 Å². The highest BCUT2D eigenvalue weighted by atomic mass is 16.5. The van der Waals surface area contributed by atoms with Gasteiger partial charge in [0.05, 0.1) is 0 Å². The average Bonchev–Trinajstić information content (AvgIpc) is 3.06. The number of likely N-dealkylation sites (tertiary alicyclic amines) is 2.